The molecule has 6 atom stereocenters. The molecule has 0 aromatic rings. The monoisotopic (exact) mass is 673 g/mol. The molecule has 0 radical (unpaired) electrons. The number of amides is 7. The van der Waals surface area contributed by atoms with Crippen molar-refractivity contribution >= 4 is 35.6 Å². The van der Waals surface area contributed by atoms with Crippen LogP contribution < -0.4 is 26.6 Å². The molecule has 3 rings (SSSR count). The normalized spacial score (nSPS) is 23.5. The number of ketones is 1. The summed E-state index contributed by atoms with van der Waals surface area (Å²) < 4.78 is 0. The van der Waals surface area contributed by atoms with E-state index >= 15 is 0 Å². The SMILES string of the molecule is C=CCNC(=O)C(=O)C(CCCC)NC(=O)[C@@H]1C2[C@H](CN1C(=O)[C@@H](NC(=O)N[C@H](CN1CCCNC1=O)C(C)(C)C)C(C)(C)C)C2(C)C. The van der Waals surface area contributed by atoms with Crippen LogP contribution >= 0.6 is 0 Å². The number of Topliss-reactive ketones (excluding diaryl/α,β-unsaturated/α-hetero) is 1. The van der Waals surface area contributed by atoms with Gasteiger partial charge in [0.1, 0.15) is 12.1 Å². The fourth-order valence-corrected chi connectivity index (χ4v) is 6.91. The topological polar surface area (TPSA) is 169 Å². The zero-order chi connectivity index (χ0) is 36.2. The van der Waals surface area contributed by atoms with Gasteiger partial charge in [0.15, 0.2) is 0 Å². The summed E-state index contributed by atoms with van der Waals surface area (Å²) in [5, 5.41) is 14.1. The van der Waals surface area contributed by atoms with Crippen LogP contribution in [-0.4, -0.2) is 102 Å². The number of hydrogen-bond donors (Lipinski definition) is 5. The summed E-state index contributed by atoms with van der Waals surface area (Å²) in [6.07, 6.45) is 3.97. The first-order chi connectivity index (χ1) is 22.2. The van der Waals surface area contributed by atoms with Crippen LogP contribution in [0.5, 0.6) is 0 Å². The van der Waals surface area contributed by atoms with Crippen LogP contribution in [0, 0.1) is 28.1 Å². The number of hydrogen-bond acceptors (Lipinski definition) is 6. The van der Waals surface area contributed by atoms with Gasteiger partial charge in [0.2, 0.25) is 17.6 Å². The number of likely N-dealkylation sites (tertiary alicyclic amines) is 1. The summed E-state index contributed by atoms with van der Waals surface area (Å²) in [4.78, 5) is 83.3. The van der Waals surface area contributed by atoms with E-state index in [0.717, 1.165) is 12.8 Å². The summed E-state index contributed by atoms with van der Waals surface area (Å²) >= 11 is 0. The molecule has 48 heavy (non-hydrogen) atoms. The largest absolute Gasteiger partial charge is 0.346 e. The molecule has 0 aromatic carbocycles. The van der Waals surface area contributed by atoms with Crippen LogP contribution in [0.3, 0.4) is 0 Å². The van der Waals surface area contributed by atoms with Crippen LogP contribution in [0.2, 0.25) is 0 Å². The van der Waals surface area contributed by atoms with E-state index in [1.54, 1.807) is 9.80 Å². The van der Waals surface area contributed by atoms with E-state index in [-0.39, 0.29) is 35.7 Å². The van der Waals surface area contributed by atoms with Crippen molar-refractivity contribution in [3.05, 3.63) is 12.7 Å². The molecule has 3 fully saturated rings. The first-order valence-corrected chi connectivity index (χ1v) is 17.4. The Bertz CT molecular complexity index is 1250. The van der Waals surface area contributed by atoms with E-state index in [2.05, 4.69) is 47.0 Å². The van der Waals surface area contributed by atoms with Crippen LogP contribution in [0.1, 0.15) is 88.0 Å². The number of carbonyl (C=O) groups excluding carboxylic acids is 6. The molecule has 5 N–H and O–H groups in total. The van der Waals surface area contributed by atoms with Crippen molar-refractivity contribution in [2.45, 2.75) is 112 Å². The van der Waals surface area contributed by atoms with Gasteiger partial charge < -0.3 is 36.4 Å². The highest BCUT2D eigenvalue weighted by Crippen LogP contribution is 2.65. The minimum absolute atomic E-state index is 0.0771. The Morgan fingerprint density at radius 1 is 1.04 bits per heavy atom. The van der Waals surface area contributed by atoms with Gasteiger partial charge in [-0.25, -0.2) is 9.59 Å². The first kappa shape index (κ1) is 38.8. The second kappa shape index (κ2) is 15.3. The second-order valence-electron chi connectivity index (χ2n) is 16.3. The molecule has 7 amide bonds. The fourth-order valence-electron chi connectivity index (χ4n) is 6.91. The third kappa shape index (κ3) is 9.07. The molecule has 0 aromatic heterocycles. The van der Waals surface area contributed by atoms with Gasteiger partial charge >= 0.3 is 12.1 Å². The lowest BCUT2D eigenvalue weighted by molar-refractivity contribution is -0.145. The van der Waals surface area contributed by atoms with Crippen molar-refractivity contribution in [3.8, 4) is 0 Å². The van der Waals surface area contributed by atoms with E-state index < -0.39 is 58.6 Å². The van der Waals surface area contributed by atoms with Gasteiger partial charge in [0.05, 0.1) is 12.1 Å². The molecule has 13 heteroatoms. The molecular formula is C35H59N7O6. The van der Waals surface area contributed by atoms with Crippen molar-refractivity contribution in [3.63, 3.8) is 0 Å². The maximum absolute atomic E-state index is 14.4. The Balaban J connectivity index is 1.82. The highest BCUT2D eigenvalue weighted by atomic mass is 16.2. The number of nitrogens with zero attached hydrogens (tertiary/aromatic N) is 2. The van der Waals surface area contributed by atoms with Gasteiger partial charge in [0, 0.05) is 32.7 Å². The molecule has 13 nitrogen and oxygen atoms in total. The Hall–Kier alpha value is -3.64. The molecular weight excluding hydrogens is 614 g/mol. The summed E-state index contributed by atoms with van der Waals surface area (Å²) in [6.45, 7) is 23.1. The summed E-state index contributed by atoms with van der Waals surface area (Å²) in [7, 11) is 0. The lowest BCUT2D eigenvalue weighted by atomic mass is 9.84. The fraction of sp³-hybridized carbons (Fsp3) is 0.771. The third-order valence-electron chi connectivity index (χ3n) is 10.2. The molecule has 2 heterocycles. The first-order valence-electron chi connectivity index (χ1n) is 17.4. The maximum Gasteiger partial charge on any atom is 0.317 e. The molecule has 270 valence electrons. The Morgan fingerprint density at radius 2 is 1.71 bits per heavy atom. The van der Waals surface area contributed by atoms with E-state index in [4.69, 9.17) is 0 Å². The molecule has 2 unspecified atom stereocenters. The molecule has 0 bridgehead atoms. The standard InChI is InChI=1S/C35H59N7O6/c1-11-13-15-22(26(43)29(45)36-16-12-2)38-28(44)25-24-21(35(24,9)10)19-42(25)30(46)27(34(6,7)8)40-31(47)39-23(33(3,4)5)20-41-18-14-17-37-32(41)48/h12,21-25,27H,2,11,13-20H2,1,3-10H3,(H,36,45)(H,37,48)(H,38,44)(H2,39,40,47)/t21-,22?,23+,24?,25-,27+/m0/s1. The predicted molar refractivity (Wildman–Crippen MR) is 184 cm³/mol. The lowest BCUT2D eigenvalue weighted by Gasteiger charge is -2.40. The lowest BCUT2D eigenvalue weighted by Crippen LogP contribution is -2.63. The Labute approximate surface area is 286 Å². The van der Waals surface area contributed by atoms with Gasteiger partial charge in [0.25, 0.3) is 5.91 Å². The van der Waals surface area contributed by atoms with Crippen molar-refractivity contribution in [1.82, 2.24) is 36.4 Å². The van der Waals surface area contributed by atoms with Crippen LogP contribution in [0.4, 0.5) is 9.59 Å². The molecule has 1 saturated carbocycles. The van der Waals surface area contributed by atoms with Crippen molar-refractivity contribution in [1.29, 1.82) is 0 Å². The van der Waals surface area contributed by atoms with Gasteiger partial charge in [-0.3, -0.25) is 19.2 Å². The number of unbranched alkanes of at least 4 members (excludes halogenated alkanes) is 1. The van der Waals surface area contributed by atoms with Crippen LogP contribution in [0.25, 0.3) is 0 Å². The molecule has 0 spiro atoms. The smallest absolute Gasteiger partial charge is 0.317 e. The molecule has 2 aliphatic heterocycles. The zero-order valence-electron chi connectivity index (χ0n) is 30.5. The minimum atomic E-state index is -1.03. The number of fused-ring (bicyclic) bond motifs is 1. The van der Waals surface area contributed by atoms with E-state index in [9.17, 15) is 28.8 Å². The number of carbonyl (C=O) groups is 6. The van der Waals surface area contributed by atoms with E-state index in [1.807, 2.05) is 48.5 Å². The average Bonchev–Trinajstić information content (AvgIpc) is 3.31. The highest BCUT2D eigenvalue weighted by Gasteiger charge is 2.70. The van der Waals surface area contributed by atoms with Crippen molar-refractivity contribution in [2.24, 2.45) is 28.1 Å². The van der Waals surface area contributed by atoms with Gasteiger partial charge in [-0.2, -0.15) is 0 Å². The maximum atomic E-state index is 14.4. The second-order valence-corrected chi connectivity index (χ2v) is 16.3. The molecule has 1 aliphatic carbocycles. The zero-order valence-corrected chi connectivity index (χ0v) is 30.5. The van der Waals surface area contributed by atoms with Gasteiger partial charge in [-0.05, 0) is 40.9 Å². The molecule has 3 aliphatic rings. The van der Waals surface area contributed by atoms with Gasteiger partial charge in [-0.15, -0.1) is 6.58 Å². The predicted octanol–water partition coefficient (Wildman–Crippen LogP) is 2.56. The van der Waals surface area contributed by atoms with Crippen molar-refractivity contribution in [2.75, 3.05) is 32.7 Å². The highest BCUT2D eigenvalue weighted by molar-refractivity contribution is 6.38. The van der Waals surface area contributed by atoms with Gasteiger partial charge in [-0.1, -0.05) is 81.2 Å². The average molecular weight is 674 g/mol. The Kier molecular flexibility index (Phi) is 12.4. The number of nitrogens with one attached hydrogen (secondary N) is 5. The minimum Gasteiger partial charge on any atom is -0.346 e. The quantitative estimate of drug-likeness (QED) is 0.140. The number of piperidine rings is 1. The van der Waals surface area contributed by atoms with Crippen LogP contribution in [0.15, 0.2) is 12.7 Å². The summed E-state index contributed by atoms with van der Waals surface area (Å²) in [6, 6.07) is -3.98. The summed E-state index contributed by atoms with van der Waals surface area (Å²) in [5.74, 6) is -2.44. The number of rotatable bonds is 14. The Morgan fingerprint density at radius 3 is 2.27 bits per heavy atom. The van der Waals surface area contributed by atoms with E-state index in [1.165, 1.54) is 6.08 Å². The third-order valence-corrected chi connectivity index (χ3v) is 10.2. The van der Waals surface area contributed by atoms with Crippen molar-refractivity contribution < 1.29 is 28.8 Å². The molecule has 2 saturated heterocycles. The summed E-state index contributed by atoms with van der Waals surface area (Å²) in [5.41, 5.74) is -1.30. The van der Waals surface area contributed by atoms with E-state index in [0.29, 0.717) is 39.0 Å². The number of urea groups is 2. The van der Waals surface area contributed by atoms with Crippen LogP contribution in [-0.2, 0) is 19.2 Å².